The number of para-hydroxylation sites is 2. The van der Waals surface area contributed by atoms with Crippen LogP contribution in [0.4, 0.5) is 30.4 Å². The van der Waals surface area contributed by atoms with Crippen LogP contribution in [-0.2, 0) is 46.8 Å². The lowest BCUT2D eigenvalue weighted by Gasteiger charge is -2.46. The molecule has 0 bridgehead atoms. The van der Waals surface area contributed by atoms with Crippen molar-refractivity contribution in [1.29, 1.82) is 0 Å². The van der Waals surface area contributed by atoms with E-state index in [1.165, 1.54) is 94.3 Å². The number of ketones is 2. The number of hydrogen-bond acceptors (Lipinski definition) is 19. The Hall–Kier alpha value is -15.5. The maximum Gasteiger partial charge on any atom is 0.289 e. The minimum absolute atomic E-state index is 0.0181. The van der Waals surface area contributed by atoms with Crippen molar-refractivity contribution in [3.8, 4) is 33.4 Å². The molecule has 15 aromatic carbocycles. The van der Waals surface area contributed by atoms with Crippen LogP contribution in [0.3, 0.4) is 0 Å². The van der Waals surface area contributed by atoms with Gasteiger partial charge in [-0.05, 0) is 210 Å². The first-order valence-electron chi connectivity index (χ1n) is 43.8. The van der Waals surface area contributed by atoms with Gasteiger partial charge in [-0.15, -0.1) is 0 Å². The van der Waals surface area contributed by atoms with Crippen molar-refractivity contribution in [2.45, 2.75) is 46.6 Å². The molecule has 4 aromatic heterocycles. The summed E-state index contributed by atoms with van der Waals surface area (Å²) in [6.45, 7) is 0. The Morgan fingerprint density at radius 3 is 1.01 bits per heavy atom. The Morgan fingerprint density at radius 1 is 0.310 bits per heavy atom. The maximum atomic E-state index is 14.0. The first kappa shape index (κ1) is 96.8. The van der Waals surface area contributed by atoms with Crippen LogP contribution in [-0.4, -0.2) is 87.2 Å². The van der Waals surface area contributed by atoms with Crippen molar-refractivity contribution in [1.82, 2.24) is 39.9 Å². The molecule has 696 valence electrons. The summed E-state index contributed by atoms with van der Waals surface area (Å²) in [6.07, 6.45) is 6.58. The summed E-state index contributed by atoms with van der Waals surface area (Å²) in [7, 11) is -10.4. The number of halogens is 7. The Morgan fingerprint density at radius 2 is 0.634 bits per heavy atom. The lowest BCUT2D eigenvalue weighted by molar-refractivity contribution is 0.102. The summed E-state index contributed by atoms with van der Waals surface area (Å²) in [5.74, 6) is -2.08. The zero-order valence-corrected chi connectivity index (χ0v) is 81.8. The number of benzene rings is 15. The fourth-order valence-electron chi connectivity index (χ4n) is 18.1. The third-order valence-corrected chi connectivity index (χ3v) is 31.1. The van der Waals surface area contributed by atoms with Gasteiger partial charge in [0.05, 0.1) is 51.6 Å². The minimum atomic E-state index is -3.65. The maximum absolute atomic E-state index is 14.0. The summed E-state index contributed by atoms with van der Waals surface area (Å²) in [5.41, 5.74) is 18.5. The fraction of sp³-hybridized carbons (Fsp3) is 0.0265. The summed E-state index contributed by atoms with van der Waals surface area (Å²) >= 11 is 15.1. The van der Waals surface area contributed by atoms with E-state index in [0.717, 1.165) is 63.4 Å². The molecule has 0 N–H and O–H groups in total. The Labute approximate surface area is 846 Å². The normalized spacial score (nSPS) is 13.6. The summed E-state index contributed by atoms with van der Waals surface area (Å²) in [5, 5.41) is -1.43. The van der Waals surface area contributed by atoms with E-state index in [1.54, 1.807) is 103 Å². The van der Waals surface area contributed by atoms with Crippen molar-refractivity contribution >= 4 is 130 Å². The highest BCUT2D eigenvalue weighted by Crippen LogP contribution is 2.58. The number of rotatable bonds is 11. The van der Waals surface area contributed by atoms with Gasteiger partial charge < -0.3 is 0 Å². The van der Waals surface area contributed by atoms with Crippen molar-refractivity contribution in [3.05, 3.63) is 541 Å². The van der Waals surface area contributed by atoms with Gasteiger partial charge in [0, 0.05) is 110 Å². The van der Waals surface area contributed by atoms with Gasteiger partial charge in [0.25, 0.3) is 10.5 Å². The molecule has 19 aromatic rings. The van der Waals surface area contributed by atoms with Gasteiger partial charge >= 0.3 is 0 Å². The largest absolute Gasteiger partial charge is 0.294 e. The molecule has 0 amide bonds. The standard InChI is InChI=1S/C42H27N3O3S.C26H20.C17H9BrN2O3S.C12H8O2S.C7H4ClFO.C5H2ClFN2O.C4H2FIN2/c46-40(28-23-24-38-32(27-28)31-17-7-12-22-37(31)49(38,47)48)41-43-26-25-39(44-41)45-35-20-10-8-18-33(35)42(29-13-3-1-4-14-29,30-15-5-2-6-16-30)34-19-9-11-21-36(34)45;1-3-13-22(14-4-1)26(23-15-5-2-6-16-23)24-17-9-7-11-20(24)19-21-12-8-10-18-25(21)26;18-15-7-8-19-17(20-15)16(21)10-5-6-14-12(9-10)11-3-1-2-4-13(11)24(14,22)23;13-15(14)11-7-3-1-5-9(11)10-6-2-4-8-12(10)15;8-7(10)5-1-3-6(9)4-2-5;6-4(10)5-8-2-1-3(7)9-5;5-3-1-2-7-4(6)8-3/h1-27H;1-18H,19H2;1-9H;1-8H;1-4H;1-2H;1-2H. The molecule has 0 saturated carbocycles. The molecule has 19 nitrogen and oxygen atoms in total. The van der Waals surface area contributed by atoms with Crippen LogP contribution >= 0.6 is 61.7 Å². The summed E-state index contributed by atoms with van der Waals surface area (Å²) in [4.78, 5) is 82.0. The number of fused-ring (bicyclic) bond motifs is 13. The second-order valence-electron chi connectivity index (χ2n) is 32.2. The molecule has 0 fully saturated rings. The molecule has 5 aliphatic rings. The second kappa shape index (κ2) is 41.5. The van der Waals surface area contributed by atoms with Crippen LogP contribution in [0.1, 0.15) is 109 Å². The molecule has 1 aliphatic carbocycles. The number of carbonyl (C=O) groups excluding carboxylic acids is 4. The molecule has 0 unspecified atom stereocenters. The summed E-state index contributed by atoms with van der Waals surface area (Å²) < 4.78 is 113. The van der Waals surface area contributed by atoms with Gasteiger partial charge in [0.2, 0.25) is 70.4 Å². The Kier molecular flexibility index (Phi) is 28.3. The Balaban J connectivity index is 0.000000121. The molecule has 0 saturated heterocycles. The van der Waals surface area contributed by atoms with E-state index >= 15 is 0 Å². The molecule has 142 heavy (non-hydrogen) atoms. The van der Waals surface area contributed by atoms with Crippen molar-refractivity contribution in [2.75, 3.05) is 4.90 Å². The van der Waals surface area contributed by atoms with Gasteiger partial charge in [-0.3, -0.25) is 24.1 Å². The van der Waals surface area contributed by atoms with E-state index in [9.17, 15) is 57.6 Å². The van der Waals surface area contributed by atoms with Crippen LogP contribution in [0.5, 0.6) is 0 Å². The van der Waals surface area contributed by atoms with Crippen molar-refractivity contribution < 1.29 is 57.6 Å². The number of sulfone groups is 3. The van der Waals surface area contributed by atoms with E-state index in [4.69, 9.17) is 28.2 Å². The van der Waals surface area contributed by atoms with Crippen LogP contribution in [0.2, 0.25) is 0 Å². The molecule has 4 aliphatic heterocycles. The van der Waals surface area contributed by atoms with Crippen molar-refractivity contribution in [3.63, 3.8) is 0 Å². The highest BCUT2D eigenvalue weighted by molar-refractivity contribution is 14.1. The quantitative estimate of drug-likeness (QED) is 0.0382. The molecule has 29 heteroatoms. The molecule has 8 heterocycles. The first-order valence-corrected chi connectivity index (χ1v) is 50.8. The lowest BCUT2D eigenvalue weighted by Crippen LogP contribution is -2.38. The molecule has 0 atom stereocenters. The number of nitrogens with zero attached hydrogens (tertiary/aromatic N) is 9. The third-order valence-electron chi connectivity index (χ3n) is 24.1. The number of anilines is 3. The van der Waals surface area contributed by atoms with Gasteiger partial charge in [0.1, 0.15) is 16.2 Å². The SMILES string of the molecule is Fc1ccnc(I)n1.O=C(Cl)c1ccc(F)cc1.O=C(Cl)c1nccc(F)n1.O=C(c1ccc2c(c1)-c1ccccc1S2(=O)=O)c1nccc(Br)n1.O=C(c1ccc2c(c1)-c1ccccc1S2(=O)=O)c1nccc(N2c3ccccc3C(c3ccccc3)(c3ccccc3)c3ccccc32)n1.O=S1(=O)c2ccccc2-c2ccccc21.c1ccc(C2(c3ccccc3)c3ccccc3Cc3ccccc32)cc1. The van der Waals surface area contributed by atoms with E-state index in [2.05, 4.69) is 250 Å². The van der Waals surface area contributed by atoms with Gasteiger partial charge in [-0.25, -0.2) is 59.5 Å². The molecular formula is C113H72BrCl2F3IN9O10S3. The van der Waals surface area contributed by atoms with E-state index in [-0.39, 0.29) is 54.1 Å². The highest BCUT2D eigenvalue weighted by Gasteiger charge is 2.48. The molecular weight excluding hydrogens is 2070 g/mol. The van der Waals surface area contributed by atoms with Gasteiger partial charge in [-0.2, -0.15) is 18.7 Å². The molecule has 24 rings (SSSR count). The van der Waals surface area contributed by atoms with Gasteiger partial charge in [0.15, 0.2) is 3.83 Å². The second-order valence-corrected chi connectivity index (χ2v) is 40.4. The minimum Gasteiger partial charge on any atom is -0.294 e. The van der Waals surface area contributed by atoms with Gasteiger partial charge in [-0.1, -0.05) is 279 Å². The average molecular weight is 2150 g/mol. The molecule has 0 spiro atoms. The predicted molar refractivity (Wildman–Crippen MR) is 548 cm³/mol. The van der Waals surface area contributed by atoms with E-state index in [1.807, 2.05) is 77.2 Å². The first-order chi connectivity index (χ1) is 68.8. The van der Waals surface area contributed by atoms with Crippen LogP contribution < -0.4 is 4.90 Å². The van der Waals surface area contributed by atoms with E-state index < -0.39 is 63.1 Å². The highest BCUT2D eigenvalue weighted by atomic mass is 127. The molecule has 0 radical (unpaired) electrons. The number of hydrogen-bond donors (Lipinski definition) is 0. The topological polar surface area (TPSA) is 277 Å². The fourth-order valence-corrected chi connectivity index (χ4v) is 24.1. The van der Waals surface area contributed by atoms with Crippen molar-refractivity contribution in [2.24, 2.45) is 0 Å². The monoisotopic (exact) mass is 2140 g/mol. The zero-order valence-electron chi connectivity index (χ0n) is 74.1. The lowest BCUT2D eigenvalue weighted by atomic mass is 9.60. The third kappa shape index (κ3) is 19.0. The predicted octanol–water partition coefficient (Wildman–Crippen LogP) is 24.9. The Bertz CT molecular complexity index is 8260. The number of carbonyl (C=O) groups is 4. The van der Waals surface area contributed by atoms with Crippen LogP contribution in [0.25, 0.3) is 33.4 Å². The zero-order chi connectivity index (χ0) is 99.0. The smallest absolute Gasteiger partial charge is 0.289 e. The number of aromatic nitrogens is 8. The van der Waals surface area contributed by atoms with E-state index in [0.29, 0.717) is 63.0 Å². The van der Waals surface area contributed by atoms with Crippen LogP contribution in [0.15, 0.2) is 459 Å². The summed E-state index contributed by atoms with van der Waals surface area (Å²) in [6, 6.07) is 125. The average Bonchev–Trinajstić information content (AvgIpc) is 0.888. The van der Waals surface area contributed by atoms with Crippen LogP contribution in [0, 0.1) is 21.5 Å².